The minimum Gasteiger partial charge on any atom is -0.497 e. The lowest BCUT2D eigenvalue weighted by atomic mass is 10.0. The Morgan fingerprint density at radius 1 is 0.333 bits per heavy atom. The molecule has 0 aliphatic rings. The zero-order valence-corrected chi connectivity index (χ0v) is 27.3. The highest BCUT2D eigenvalue weighted by molar-refractivity contribution is 6.09. The van der Waals surface area contributed by atoms with E-state index in [1.807, 2.05) is 146 Å². The van der Waals surface area contributed by atoms with E-state index in [1.165, 1.54) is 0 Å². The number of carbonyl (C=O) groups is 1. The Balaban J connectivity index is 1.28. The summed E-state index contributed by atoms with van der Waals surface area (Å²) in [6.45, 7) is 0. The van der Waals surface area contributed by atoms with Gasteiger partial charge < -0.3 is 28.7 Å². The molecule has 240 valence electrons. The maximum absolute atomic E-state index is 13.7. The molecule has 48 heavy (non-hydrogen) atoms. The van der Waals surface area contributed by atoms with Crippen LogP contribution in [0.1, 0.15) is 15.9 Å². The molecule has 0 saturated carbocycles. The van der Waals surface area contributed by atoms with Crippen molar-refractivity contribution in [3.63, 3.8) is 0 Å². The largest absolute Gasteiger partial charge is 0.497 e. The Bertz CT molecular complexity index is 1700. The van der Waals surface area contributed by atoms with Gasteiger partial charge in [-0.25, -0.2) is 0 Å². The molecule has 0 aliphatic carbocycles. The molecule has 0 N–H and O–H groups in total. The number of benzene rings is 6. The Kier molecular flexibility index (Phi) is 9.58. The predicted octanol–water partition coefficient (Wildman–Crippen LogP) is 9.89. The van der Waals surface area contributed by atoms with E-state index in [-0.39, 0.29) is 5.78 Å². The SMILES string of the molecule is COc1ccc(N(c2ccc(OC)cc2)c2ccc(C(=O)c3ccc(N(c4ccc(OC)cc4)c4ccc(OC)cc4)cc3)cc2)cc1. The van der Waals surface area contributed by atoms with Gasteiger partial charge in [0.25, 0.3) is 0 Å². The molecule has 6 rings (SSSR count). The Labute approximate surface area is 281 Å². The summed E-state index contributed by atoms with van der Waals surface area (Å²) in [6, 6.07) is 46.8. The molecule has 6 aromatic carbocycles. The molecule has 0 aliphatic heterocycles. The number of anilines is 6. The van der Waals surface area contributed by atoms with Crippen molar-refractivity contribution in [2.24, 2.45) is 0 Å². The average molecular weight is 637 g/mol. The Hall–Kier alpha value is -6.21. The van der Waals surface area contributed by atoms with Crippen molar-refractivity contribution in [3.8, 4) is 23.0 Å². The first-order valence-corrected chi connectivity index (χ1v) is 15.4. The number of carbonyl (C=O) groups excluding carboxylic acids is 1. The van der Waals surface area contributed by atoms with Crippen molar-refractivity contribution in [1.82, 2.24) is 0 Å². The van der Waals surface area contributed by atoms with Crippen molar-refractivity contribution >= 4 is 39.9 Å². The zero-order chi connectivity index (χ0) is 33.5. The standard InChI is InChI=1S/C41H36N2O5/c1-45-37-21-13-33(14-22-37)42(34-15-23-38(46-2)24-16-34)31-9-5-29(6-10-31)41(44)30-7-11-32(12-8-30)43(35-17-25-39(47-3)26-18-35)36-19-27-40(48-4)28-20-36/h5-28H,1-4H3. The first kappa shape index (κ1) is 31.8. The molecule has 7 heteroatoms. The van der Waals surface area contributed by atoms with E-state index in [2.05, 4.69) is 9.80 Å². The van der Waals surface area contributed by atoms with E-state index in [0.29, 0.717) is 11.1 Å². The highest BCUT2D eigenvalue weighted by atomic mass is 16.5. The van der Waals surface area contributed by atoms with Crippen molar-refractivity contribution in [3.05, 3.63) is 157 Å². The smallest absolute Gasteiger partial charge is 0.193 e. The van der Waals surface area contributed by atoms with Gasteiger partial charge in [0.15, 0.2) is 5.78 Å². The number of ketones is 1. The second kappa shape index (κ2) is 14.5. The van der Waals surface area contributed by atoms with E-state index in [0.717, 1.165) is 57.1 Å². The van der Waals surface area contributed by atoms with Crippen LogP contribution < -0.4 is 28.7 Å². The van der Waals surface area contributed by atoms with Gasteiger partial charge in [0.2, 0.25) is 0 Å². The fourth-order valence-electron chi connectivity index (χ4n) is 5.51. The first-order valence-electron chi connectivity index (χ1n) is 15.4. The predicted molar refractivity (Wildman–Crippen MR) is 192 cm³/mol. The maximum Gasteiger partial charge on any atom is 0.193 e. The topological polar surface area (TPSA) is 60.5 Å². The summed E-state index contributed by atoms with van der Waals surface area (Å²) >= 11 is 0. The summed E-state index contributed by atoms with van der Waals surface area (Å²) in [4.78, 5) is 17.9. The molecular formula is C41H36N2O5. The molecule has 7 nitrogen and oxygen atoms in total. The summed E-state index contributed by atoms with van der Waals surface area (Å²) < 4.78 is 21.5. The molecule has 0 radical (unpaired) electrons. The number of hydrogen-bond acceptors (Lipinski definition) is 7. The highest BCUT2D eigenvalue weighted by Gasteiger charge is 2.17. The minimum atomic E-state index is -0.0611. The summed E-state index contributed by atoms with van der Waals surface area (Å²) in [5.41, 5.74) is 6.82. The van der Waals surface area contributed by atoms with Crippen LogP contribution in [0.2, 0.25) is 0 Å². The Morgan fingerprint density at radius 2 is 0.521 bits per heavy atom. The van der Waals surface area contributed by atoms with Crippen molar-refractivity contribution < 1.29 is 23.7 Å². The van der Waals surface area contributed by atoms with Crippen LogP contribution in [0.5, 0.6) is 23.0 Å². The van der Waals surface area contributed by atoms with Crippen LogP contribution in [0.3, 0.4) is 0 Å². The van der Waals surface area contributed by atoms with Gasteiger partial charge in [-0.2, -0.15) is 0 Å². The van der Waals surface area contributed by atoms with Gasteiger partial charge in [0.1, 0.15) is 23.0 Å². The lowest BCUT2D eigenvalue weighted by molar-refractivity contribution is 0.103. The van der Waals surface area contributed by atoms with Crippen LogP contribution in [0.4, 0.5) is 34.1 Å². The number of methoxy groups -OCH3 is 4. The molecule has 0 unspecified atom stereocenters. The molecule has 0 heterocycles. The molecule has 0 amide bonds. The number of ether oxygens (including phenoxy) is 4. The zero-order valence-electron chi connectivity index (χ0n) is 27.3. The molecular weight excluding hydrogens is 600 g/mol. The van der Waals surface area contributed by atoms with Gasteiger partial charge in [-0.05, 0) is 146 Å². The van der Waals surface area contributed by atoms with Crippen LogP contribution in [0, 0.1) is 0 Å². The first-order chi connectivity index (χ1) is 23.5. The summed E-state index contributed by atoms with van der Waals surface area (Å²) in [7, 11) is 6.60. The van der Waals surface area contributed by atoms with Crippen LogP contribution in [0.25, 0.3) is 0 Å². The van der Waals surface area contributed by atoms with Crippen molar-refractivity contribution in [2.45, 2.75) is 0 Å². The van der Waals surface area contributed by atoms with E-state index >= 15 is 0 Å². The second-order valence-electron chi connectivity index (χ2n) is 10.9. The van der Waals surface area contributed by atoms with E-state index < -0.39 is 0 Å². The third-order valence-electron chi connectivity index (χ3n) is 8.10. The maximum atomic E-state index is 13.7. The summed E-state index contributed by atoms with van der Waals surface area (Å²) in [5.74, 6) is 3.04. The third kappa shape index (κ3) is 6.81. The third-order valence-corrected chi connectivity index (χ3v) is 8.10. The normalized spacial score (nSPS) is 10.6. The molecule has 0 spiro atoms. The van der Waals surface area contributed by atoms with Gasteiger partial charge in [-0.1, -0.05) is 0 Å². The molecule has 0 bridgehead atoms. The van der Waals surface area contributed by atoms with Crippen LogP contribution >= 0.6 is 0 Å². The second-order valence-corrected chi connectivity index (χ2v) is 10.9. The van der Waals surface area contributed by atoms with Crippen LogP contribution in [-0.4, -0.2) is 34.2 Å². The van der Waals surface area contributed by atoms with E-state index in [4.69, 9.17) is 18.9 Å². The molecule has 6 aromatic rings. The van der Waals surface area contributed by atoms with Gasteiger partial charge in [-0.3, -0.25) is 4.79 Å². The lowest BCUT2D eigenvalue weighted by Crippen LogP contribution is -2.11. The van der Waals surface area contributed by atoms with Crippen LogP contribution in [0.15, 0.2) is 146 Å². The van der Waals surface area contributed by atoms with Crippen LogP contribution in [-0.2, 0) is 0 Å². The summed E-state index contributed by atoms with van der Waals surface area (Å²) in [6.07, 6.45) is 0. The van der Waals surface area contributed by atoms with Crippen molar-refractivity contribution in [2.75, 3.05) is 38.2 Å². The number of hydrogen-bond donors (Lipinski definition) is 0. The van der Waals surface area contributed by atoms with Gasteiger partial charge >= 0.3 is 0 Å². The molecule has 0 fully saturated rings. The lowest BCUT2D eigenvalue weighted by Gasteiger charge is -2.26. The average Bonchev–Trinajstić information content (AvgIpc) is 3.16. The van der Waals surface area contributed by atoms with Crippen molar-refractivity contribution in [1.29, 1.82) is 0 Å². The quantitative estimate of drug-likeness (QED) is 0.124. The molecule has 0 aromatic heterocycles. The monoisotopic (exact) mass is 636 g/mol. The van der Waals surface area contributed by atoms with Gasteiger partial charge in [0.05, 0.1) is 28.4 Å². The fourth-order valence-corrected chi connectivity index (χ4v) is 5.51. The van der Waals surface area contributed by atoms with E-state index in [9.17, 15) is 4.79 Å². The minimum absolute atomic E-state index is 0.0611. The molecule has 0 atom stereocenters. The Morgan fingerprint density at radius 3 is 0.708 bits per heavy atom. The van der Waals surface area contributed by atoms with Gasteiger partial charge in [0, 0.05) is 45.3 Å². The van der Waals surface area contributed by atoms with Gasteiger partial charge in [-0.15, -0.1) is 0 Å². The van der Waals surface area contributed by atoms with E-state index in [1.54, 1.807) is 28.4 Å². The highest BCUT2D eigenvalue weighted by Crippen LogP contribution is 2.38. The number of rotatable bonds is 12. The fraction of sp³-hybridized carbons (Fsp3) is 0.0976. The molecule has 0 saturated heterocycles. The number of nitrogens with zero attached hydrogens (tertiary/aromatic N) is 2. The summed E-state index contributed by atoms with van der Waals surface area (Å²) in [5, 5.41) is 0.